The Kier molecular flexibility index (Phi) is 4.06. The highest BCUT2D eigenvalue weighted by Crippen LogP contribution is 2.23. The van der Waals surface area contributed by atoms with E-state index in [2.05, 4.69) is 10.3 Å². The van der Waals surface area contributed by atoms with Crippen LogP contribution in [0.25, 0.3) is 11.0 Å². The van der Waals surface area contributed by atoms with E-state index >= 15 is 0 Å². The molecule has 7 heteroatoms. The minimum Gasteiger partial charge on any atom is -0.385 e. The molecule has 0 aliphatic carbocycles. The lowest BCUT2D eigenvalue weighted by Crippen LogP contribution is -2.35. The Morgan fingerprint density at radius 2 is 2.18 bits per heavy atom. The minimum atomic E-state index is -0.111. The van der Waals surface area contributed by atoms with Crippen LogP contribution < -0.4 is 4.84 Å². The quantitative estimate of drug-likeness (QED) is 0.723. The molecule has 6 nitrogen and oxygen atoms in total. The van der Waals surface area contributed by atoms with Crippen LogP contribution in [0.2, 0.25) is 0 Å². The molecule has 3 rings (SSSR count). The van der Waals surface area contributed by atoms with Gasteiger partial charge in [0.05, 0.1) is 6.04 Å². The first-order valence-corrected chi connectivity index (χ1v) is 7.77. The summed E-state index contributed by atoms with van der Waals surface area (Å²) >= 11 is 1.63. The number of carbonyl (C=O) groups excluding carboxylic acids is 1. The number of hydrogen-bond donors (Lipinski definition) is 0. The van der Waals surface area contributed by atoms with Crippen LogP contribution in [0.1, 0.15) is 17.8 Å². The molecule has 3 aromatic rings. The number of hydrogen-bond acceptors (Lipinski definition) is 5. The van der Waals surface area contributed by atoms with Crippen LogP contribution in [-0.4, -0.2) is 39.6 Å². The molecule has 0 aliphatic heterocycles. The summed E-state index contributed by atoms with van der Waals surface area (Å²) < 4.78 is 0. The molecule has 1 atom stereocenters. The second kappa shape index (κ2) is 6.15. The number of nitrogens with zero attached hydrogens (tertiary/aromatic N) is 4. The number of rotatable bonds is 5. The zero-order valence-electron chi connectivity index (χ0n) is 12.3. The van der Waals surface area contributed by atoms with E-state index in [0.29, 0.717) is 0 Å². The SMILES string of the molecule is C[C@H](c1cccs1)N(C)C(=O)COn1nnc2ccccc21. The second-order valence-corrected chi connectivity index (χ2v) is 5.90. The van der Waals surface area contributed by atoms with E-state index in [9.17, 15) is 4.79 Å². The Morgan fingerprint density at radius 3 is 2.95 bits per heavy atom. The van der Waals surface area contributed by atoms with Crippen molar-refractivity contribution in [3.63, 3.8) is 0 Å². The summed E-state index contributed by atoms with van der Waals surface area (Å²) in [7, 11) is 1.77. The fourth-order valence-electron chi connectivity index (χ4n) is 2.10. The smallest absolute Gasteiger partial charge is 0.263 e. The van der Waals surface area contributed by atoms with Crippen LogP contribution in [-0.2, 0) is 4.79 Å². The average Bonchev–Trinajstić information content (AvgIpc) is 3.21. The van der Waals surface area contributed by atoms with Gasteiger partial charge < -0.3 is 9.74 Å². The van der Waals surface area contributed by atoms with Gasteiger partial charge in [0.1, 0.15) is 11.0 Å². The van der Waals surface area contributed by atoms with Crippen molar-refractivity contribution in [2.24, 2.45) is 0 Å². The van der Waals surface area contributed by atoms with Crippen LogP contribution in [0.5, 0.6) is 0 Å². The van der Waals surface area contributed by atoms with Crippen molar-refractivity contribution in [1.29, 1.82) is 0 Å². The van der Waals surface area contributed by atoms with E-state index < -0.39 is 0 Å². The Morgan fingerprint density at radius 1 is 1.36 bits per heavy atom. The number of likely N-dealkylation sites (N-methyl/N-ethyl adjacent to an activating group) is 1. The molecule has 0 saturated heterocycles. The fourth-order valence-corrected chi connectivity index (χ4v) is 2.92. The molecule has 0 saturated carbocycles. The Balaban J connectivity index is 1.64. The molecular weight excluding hydrogens is 300 g/mol. The number of carbonyl (C=O) groups is 1. The van der Waals surface area contributed by atoms with E-state index in [0.717, 1.165) is 15.9 Å². The van der Waals surface area contributed by atoms with Gasteiger partial charge in [0.2, 0.25) is 0 Å². The Hall–Kier alpha value is -2.41. The Bertz CT molecular complexity index is 769. The van der Waals surface area contributed by atoms with Crippen LogP contribution in [0.4, 0.5) is 0 Å². The zero-order valence-corrected chi connectivity index (χ0v) is 13.2. The monoisotopic (exact) mass is 316 g/mol. The van der Waals surface area contributed by atoms with Gasteiger partial charge in [0.25, 0.3) is 5.91 Å². The standard InChI is InChI=1S/C15H16N4O2S/c1-11(14-8-5-9-22-14)18(2)15(20)10-21-19-13-7-4-3-6-12(13)16-17-19/h3-9,11H,10H2,1-2H3/t11-/m1/s1. The first-order valence-electron chi connectivity index (χ1n) is 6.89. The maximum atomic E-state index is 12.3. The van der Waals surface area contributed by atoms with Crippen molar-refractivity contribution in [3.8, 4) is 0 Å². The van der Waals surface area contributed by atoms with Crippen molar-refractivity contribution < 1.29 is 9.63 Å². The third-order valence-electron chi connectivity index (χ3n) is 3.56. The summed E-state index contributed by atoms with van der Waals surface area (Å²) in [6.07, 6.45) is 0. The highest BCUT2D eigenvalue weighted by Gasteiger charge is 2.19. The fraction of sp³-hybridized carbons (Fsp3) is 0.267. The lowest BCUT2D eigenvalue weighted by Gasteiger charge is -2.23. The van der Waals surface area contributed by atoms with Gasteiger partial charge in [0, 0.05) is 11.9 Å². The summed E-state index contributed by atoms with van der Waals surface area (Å²) in [6.45, 7) is 1.91. The maximum absolute atomic E-state index is 12.3. The third-order valence-corrected chi connectivity index (χ3v) is 4.60. The van der Waals surface area contributed by atoms with Gasteiger partial charge in [-0.05, 0) is 35.7 Å². The van der Waals surface area contributed by atoms with Gasteiger partial charge in [-0.2, -0.15) is 0 Å². The molecular formula is C15H16N4O2S. The molecule has 0 radical (unpaired) electrons. The van der Waals surface area contributed by atoms with E-state index in [1.165, 1.54) is 4.85 Å². The number of benzene rings is 1. The van der Waals surface area contributed by atoms with Crippen molar-refractivity contribution in [1.82, 2.24) is 20.1 Å². The first-order chi connectivity index (χ1) is 10.7. The van der Waals surface area contributed by atoms with Crippen molar-refractivity contribution in [2.75, 3.05) is 13.7 Å². The van der Waals surface area contributed by atoms with Gasteiger partial charge in [-0.3, -0.25) is 4.79 Å². The minimum absolute atomic E-state index is 0.0172. The summed E-state index contributed by atoms with van der Waals surface area (Å²) in [6, 6.07) is 11.5. The van der Waals surface area contributed by atoms with E-state index in [1.54, 1.807) is 23.3 Å². The van der Waals surface area contributed by atoms with Crippen LogP contribution >= 0.6 is 11.3 Å². The lowest BCUT2D eigenvalue weighted by molar-refractivity contribution is -0.137. The molecule has 1 amide bonds. The van der Waals surface area contributed by atoms with Crippen LogP contribution in [0.3, 0.4) is 0 Å². The topological polar surface area (TPSA) is 60.2 Å². The zero-order chi connectivity index (χ0) is 15.5. The maximum Gasteiger partial charge on any atom is 0.263 e. The van der Waals surface area contributed by atoms with Crippen molar-refractivity contribution >= 4 is 28.3 Å². The van der Waals surface area contributed by atoms with Gasteiger partial charge in [0.15, 0.2) is 6.61 Å². The molecule has 2 heterocycles. The molecule has 0 bridgehead atoms. The molecule has 2 aromatic heterocycles. The normalized spacial score (nSPS) is 12.3. The van der Waals surface area contributed by atoms with Gasteiger partial charge in [-0.1, -0.05) is 23.0 Å². The molecule has 0 aliphatic rings. The van der Waals surface area contributed by atoms with Gasteiger partial charge >= 0.3 is 0 Å². The lowest BCUT2D eigenvalue weighted by atomic mass is 10.2. The number of aromatic nitrogens is 3. The molecule has 0 unspecified atom stereocenters. The summed E-state index contributed by atoms with van der Waals surface area (Å²) in [4.78, 5) is 21.8. The summed E-state index contributed by atoms with van der Waals surface area (Å²) in [5.41, 5.74) is 1.47. The number of amides is 1. The highest BCUT2D eigenvalue weighted by molar-refractivity contribution is 7.10. The number of para-hydroxylation sites is 1. The molecule has 0 spiro atoms. The van der Waals surface area contributed by atoms with E-state index in [-0.39, 0.29) is 18.6 Å². The van der Waals surface area contributed by atoms with Crippen molar-refractivity contribution in [3.05, 3.63) is 46.7 Å². The predicted octanol–water partition coefficient (Wildman–Crippen LogP) is 2.14. The average molecular weight is 316 g/mol. The molecule has 0 fully saturated rings. The van der Waals surface area contributed by atoms with Gasteiger partial charge in [-0.25, -0.2) is 0 Å². The predicted molar refractivity (Wildman–Crippen MR) is 84.5 cm³/mol. The largest absolute Gasteiger partial charge is 0.385 e. The number of fused-ring (bicyclic) bond motifs is 1. The molecule has 114 valence electrons. The molecule has 0 N–H and O–H groups in total. The van der Waals surface area contributed by atoms with E-state index in [4.69, 9.17) is 4.84 Å². The molecule has 1 aromatic carbocycles. The Labute approximate surface area is 131 Å². The van der Waals surface area contributed by atoms with Crippen LogP contribution in [0.15, 0.2) is 41.8 Å². The van der Waals surface area contributed by atoms with Crippen molar-refractivity contribution in [2.45, 2.75) is 13.0 Å². The van der Waals surface area contributed by atoms with Gasteiger partial charge in [-0.15, -0.1) is 16.4 Å². The number of thiophene rings is 1. The summed E-state index contributed by atoms with van der Waals surface area (Å²) in [5.74, 6) is -0.111. The molecule has 22 heavy (non-hydrogen) atoms. The summed E-state index contributed by atoms with van der Waals surface area (Å²) in [5, 5.41) is 9.88. The van der Waals surface area contributed by atoms with Crippen LogP contribution in [0, 0.1) is 0 Å². The second-order valence-electron chi connectivity index (χ2n) is 4.92. The van der Waals surface area contributed by atoms with E-state index in [1.807, 2.05) is 48.7 Å². The first kappa shape index (κ1) is 14.5. The third kappa shape index (κ3) is 2.80. The highest BCUT2D eigenvalue weighted by atomic mass is 32.1.